The van der Waals surface area contributed by atoms with Crippen LogP contribution in [0.2, 0.25) is 0 Å². The summed E-state index contributed by atoms with van der Waals surface area (Å²) >= 11 is 0. The molecule has 28 heavy (non-hydrogen) atoms. The van der Waals surface area contributed by atoms with Crippen molar-refractivity contribution < 1.29 is 69.3 Å². The van der Waals surface area contributed by atoms with E-state index in [1.807, 2.05) is 84.9 Å². The fraction of sp³-hybridized carbons (Fsp3) is 0. The molecule has 0 unspecified atom stereocenters. The molecule has 4 heteroatoms. The third-order valence-electron chi connectivity index (χ3n) is 3.94. The molecule has 2 nitrogen and oxygen atoms in total. The Hall–Kier alpha value is -1.52. The molecule has 0 fully saturated rings. The van der Waals surface area contributed by atoms with Crippen LogP contribution in [-0.4, -0.2) is 0 Å². The maximum absolute atomic E-state index is 11.4. The van der Waals surface area contributed by atoms with Crippen LogP contribution in [0.1, 0.15) is 0 Å². The van der Waals surface area contributed by atoms with Crippen LogP contribution in [0.4, 0.5) is 0 Å². The molecule has 0 atom stereocenters. The third kappa shape index (κ3) is 6.82. The first-order valence-electron chi connectivity index (χ1n) is 8.38. The smallest absolute Gasteiger partial charge is 0.872 e. The zero-order chi connectivity index (χ0) is 18.2. The van der Waals surface area contributed by atoms with Crippen molar-refractivity contribution in [1.29, 1.82) is 0 Å². The van der Waals surface area contributed by atoms with Gasteiger partial charge in [-0.15, -0.1) is 11.5 Å². The summed E-state index contributed by atoms with van der Waals surface area (Å²) in [5, 5.41) is 22.8. The van der Waals surface area contributed by atoms with Crippen LogP contribution in [0.15, 0.2) is 109 Å². The maximum Gasteiger partial charge on any atom is 1.00 e. The van der Waals surface area contributed by atoms with Crippen LogP contribution in [0.3, 0.4) is 0 Å². The van der Waals surface area contributed by atoms with Crippen molar-refractivity contribution in [3.8, 4) is 33.8 Å². The van der Waals surface area contributed by atoms with Crippen molar-refractivity contribution >= 4 is 0 Å². The van der Waals surface area contributed by atoms with Crippen LogP contribution in [0.5, 0.6) is 11.5 Å². The van der Waals surface area contributed by atoms with Gasteiger partial charge in [-0.3, -0.25) is 0 Å². The minimum atomic E-state index is 0. The van der Waals surface area contributed by atoms with Gasteiger partial charge in [-0.2, -0.15) is 0 Å². The summed E-state index contributed by atoms with van der Waals surface area (Å²) in [6, 6.07) is 33.5. The van der Waals surface area contributed by atoms with E-state index in [1.165, 1.54) is 0 Å². The second-order valence-corrected chi connectivity index (χ2v) is 5.72. The quantitative estimate of drug-likeness (QED) is 0.411. The van der Waals surface area contributed by atoms with Gasteiger partial charge in [0, 0.05) is 0 Å². The number of para-hydroxylation sites is 2. The first-order chi connectivity index (χ1) is 12.8. The Labute approximate surface area is 210 Å². The van der Waals surface area contributed by atoms with Gasteiger partial charge in [0.2, 0.25) is 0 Å². The Bertz CT molecular complexity index is 877. The summed E-state index contributed by atoms with van der Waals surface area (Å²) in [6.45, 7) is 0. The largest absolute Gasteiger partial charge is 1.00 e. The van der Waals surface area contributed by atoms with E-state index in [-0.39, 0.29) is 70.6 Å². The van der Waals surface area contributed by atoms with Gasteiger partial charge in [-0.05, 0) is 22.3 Å². The fourth-order valence-corrected chi connectivity index (χ4v) is 2.65. The van der Waals surface area contributed by atoms with Crippen molar-refractivity contribution in [1.82, 2.24) is 0 Å². The van der Waals surface area contributed by atoms with Crippen LogP contribution < -0.4 is 69.3 Å². The zero-order valence-electron chi connectivity index (χ0n) is 16.2. The van der Waals surface area contributed by atoms with Gasteiger partial charge in [0.25, 0.3) is 0 Å². The Morgan fingerprint density at radius 1 is 0.357 bits per heavy atom. The van der Waals surface area contributed by atoms with E-state index in [2.05, 4.69) is 0 Å². The monoisotopic (exact) mass is 384 g/mol. The number of hydrogen-bond acceptors (Lipinski definition) is 2. The predicted molar refractivity (Wildman–Crippen MR) is 103 cm³/mol. The summed E-state index contributed by atoms with van der Waals surface area (Å²) in [4.78, 5) is 0. The van der Waals surface area contributed by atoms with Crippen molar-refractivity contribution in [2.24, 2.45) is 0 Å². The molecule has 4 aromatic rings. The Morgan fingerprint density at radius 2 is 0.643 bits per heavy atom. The Kier molecular flexibility index (Phi) is 11.2. The van der Waals surface area contributed by atoms with Gasteiger partial charge < -0.3 is 10.2 Å². The molecule has 4 aromatic carbocycles. The van der Waals surface area contributed by atoms with E-state index in [9.17, 15) is 10.2 Å². The molecule has 0 aliphatic heterocycles. The summed E-state index contributed by atoms with van der Waals surface area (Å²) in [5.41, 5.74) is 3.49. The van der Waals surface area contributed by atoms with Crippen molar-refractivity contribution in [3.05, 3.63) is 109 Å². The minimum Gasteiger partial charge on any atom is -0.872 e. The van der Waals surface area contributed by atoms with E-state index in [0.717, 1.165) is 22.3 Å². The molecule has 0 spiro atoms. The molecule has 128 valence electrons. The third-order valence-corrected chi connectivity index (χ3v) is 3.94. The van der Waals surface area contributed by atoms with Crippen LogP contribution in [-0.2, 0) is 0 Å². The molecule has 0 N–H and O–H groups in total. The molecule has 0 aliphatic rings. The normalized spacial score (nSPS) is 9.14. The van der Waals surface area contributed by atoms with E-state index in [1.54, 1.807) is 24.3 Å². The van der Waals surface area contributed by atoms with Gasteiger partial charge in [-0.25, -0.2) is 0 Å². The number of benzene rings is 4. The van der Waals surface area contributed by atoms with Crippen molar-refractivity contribution in [2.75, 3.05) is 0 Å². The van der Waals surface area contributed by atoms with E-state index in [0.29, 0.717) is 0 Å². The van der Waals surface area contributed by atoms with Crippen LogP contribution in [0, 0.1) is 0 Å². The standard InChI is InChI=1S/2C12H10O.2Na/c2*13-12-9-5-4-8-11(12)10-6-2-1-3-7-10;;/h2*1-9,13H;;/q;;2*+1/p-2. The van der Waals surface area contributed by atoms with Gasteiger partial charge in [0.05, 0.1) is 0 Å². The summed E-state index contributed by atoms with van der Waals surface area (Å²) in [7, 11) is 0. The summed E-state index contributed by atoms with van der Waals surface area (Å²) in [5.74, 6) is 0.155. The average Bonchev–Trinajstić information content (AvgIpc) is 2.71. The van der Waals surface area contributed by atoms with Crippen LogP contribution in [0.25, 0.3) is 22.3 Å². The fourth-order valence-electron chi connectivity index (χ4n) is 2.65. The first-order valence-corrected chi connectivity index (χ1v) is 8.38. The second-order valence-electron chi connectivity index (χ2n) is 5.72. The molecule has 0 heterocycles. The molecule has 0 amide bonds. The van der Waals surface area contributed by atoms with Crippen LogP contribution >= 0.6 is 0 Å². The van der Waals surface area contributed by atoms with Gasteiger partial charge in [0.1, 0.15) is 0 Å². The SMILES string of the molecule is [Na+].[Na+].[O-]c1ccccc1-c1ccccc1.[O-]c1ccccc1-c1ccccc1. The molecule has 0 saturated heterocycles. The topological polar surface area (TPSA) is 46.1 Å². The molecule has 0 radical (unpaired) electrons. The number of hydrogen-bond donors (Lipinski definition) is 0. The Balaban J connectivity index is 0.000000261. The van der Waals surface area contributed by atoms with Gasteiger partial charge in [0.15, 0.2) is 0 Å². The molecule has 4 rings (SSSR count). The average molecular weight is 384 g/mol. The Morgan fingerprint density at radius 3 is 0.964 bits per heavy atom. The molecule has 0 saturated carbocycles. The van der Waals surface area contributed by atoms with Crippen molar-refractivity contribution in [3.63, 3.8) is 0 Å². The summed E-state index contributed by atoms with van der Waals surface area (Å²) in [6.07, 6.45) is 0. The molecule has 0 aliphatic carbocycles. The molecule has 0 aromatic heterocycles. The zero-order valence-corrected chi connectivity index (χ0v) is 20.2. The maximum atomic E-state index is 11.4. The summed E-state index contributed by atoms with van der Waals surface area (Å²) < 4.78 is 0. The minimum absolute atomic E-state index is 0. The molecular weight excluding hydrogens is 366 g/mol. The van der Waals surface area contributed by atoms with E-state index >= 15 is 0 Å². The van der Waals surface area contributed by atoms with E-state index < -0.39 is 0 Å². The molecule has 0 bridgehead atoms. The van der Waals surface area contributed by atoms with Crippen molar-refractivity contribution in [2.45, 2.75) is 0 Å². The first kappa shape index (κ1) is 24.5. The van der Waals surface area contributed by atoms with Gasteiger partial charge >= 0.3 is 59.1 Å². The molecular formula is C24H18Na2O2. The predicted octanol–water partition coefficient (Wildman–Crippen LogP) is -1.14. The second kappa shape index (κ2) is 12.8. The van der Waals surface area contributed by atoms with Gasteiger partial charge in [-0.1, -0.05) is 109 Å². The van der Waals surface area contributed by atoms with E-state index in [4.69, 9.17) is 0 Å². The number of rotatable bonds is 2.